The first-order valence-corrected chi connectivity index (χ1v) is 7.38. The summed E-state index contributed by atoms with van der Waals surface area (Å²) in [7, 11) is 1.63. The molecule has 0 aliphatic heterocycles. The van der Waals surface area contributed by atoms with Gasteiger partial charge in [-0.2, -0.15) is 0 Å². The number of carbonyl (C=O) groups excluding carboxylic acids is 2. The summed E-state index contributed by atoms with van der Waals surface area (Å²) in [4.78, 5) is 25.8. The van der Waals surface area contributed by atoms with Crippen LogP contribution in [0.5, 0.6) is 0 Å². The monoisotopic (exact) mass is 345 g/mol. The van der Waals surface area contributed by atoms with Gasteiger partial charge >= 0.3 is 0 Å². The van der Waals surface area contributed by atoms with Crippen molar-refractivity contribution in [2.75, 3.05) is 7.05 Å². The number of rotatable bonds is 4. The minimum Gasteiger partial charge on any atom is -0.334 e. The summed E-state index contributed by atoms with van der Waals surface area (Å²) in [6.07, 6.45) is 0. The molecule has 0 saturated carbocycles. The van der Waals surface area contributed by atoms with Crippen molar-refractivity contribution in [3.05, 3.63) is 69.7 Å². The third-order valence-electron chi connectivity index (χ3n) is 3.22. The highest BCUT2D eigenvalue weighted by Crippen LogP contribution is 2.17. The first-order valence-electron chi connectivity index (χ1n) is 6.59. The maximum atomic E-state index is 12.2. The van der Waals surface area contributed by atoms with E-state index in [1.165, 1.54) is 4.90 Å². The molecule has 0 unspecified atom stereocenters. The van der Waals surface area contributed by atoms with Crippen molar-refractivity contribution < 1.29 is 9.59 Å². The lowest BCUT2D eigenvalue weighted by molar-refractivity contribution is -0.125. The quantitative estimate of drug-likeness (QED) is 0.627. The Morgan fingerprint density at radius 3 is 2.29 bits per heavy atom. The average Bonchev–Trinajstić information content (AvgIpc) is 2.49. The molecule has 0 atom stereocenters. The van der Waals surface area contributed by atoms with Crippen molar-refractivity contribution in [3.8, 4) is 0 Å². The molecule has 2 aromatic rings. The molecule has 0 spiro atoms. The standard InChI is InChI=1S/C17H16BrNO2/c1-12-7-9-13(10-8-12)16(20)17(21)19(2)11-14-5-3-4-6-15(14)18/h3-10H,11H2,1-2H3. The molecular weight excluding hydrogens is 330 g/mol. The number of carbonyl (C=O) groups is 2. The summed E-state index contributed by atoms with van der Waals surface area (Å²) in [6, 6.07) is 14.7. The van der Waals surface area contributed by atoms with Crippen molar-refractivity contribution in [2.45, 2.75) is 13.5 Å². The highest BCUT2D eigenvalue weighted by atomic mass is 79.9. The fraction of sp³-hybridized carbons (Fsp3) is 0.176. The first kappa shape index (κ1) is 15.4. The number of halogens is 1. The fourth-order valence-corrected chi connectivity index (χ4v) is 2.37. The van der Waals surface area contributed by atoms with Gasteiger partial charge in [-0.25, -0.2) is 0 Å². The van der Waals surface area contributed by atoms with E-state index in [1.54, 1.807) is 19.2 Å². The highest BCUT2D eigenvalue weighted by molar-refractivity contribution is 9.10. The Labute approximate surface area is 132 Å². The third kappa shape index (κ3) is 3.79. The number of hydrogen-bond acceptors (Lipinski definition) is 2. The first-order chi connectivity index (χ1) is 9.99. The largest absolute Gasteiger partial charge is 0.334 e. The van der Waals surface area contributed by atoms with Gasteiger partial charge in [0.2, 0.25) is 5.78 Å². The summed E-state index contributed by atoms with van der Waals surface area (Å²) in [5.41, 5.74) is 2.44. The van der Waals surface area contributed by atoms with Crippen molar-refractivity contribution >= 4 is 27.6 Å². The predicted molar refractivity (Wildman–Crippen MR) is 86.1 cm³/mol. The molecule has 0 radical (unpaired) electrons. The van der Waals surface area contributed by atoms with Gasteiger partial charge < -0.3 is 4.90 Å². The van der Waals surface area contributed by atoms with Crippen molar-refractivity contribution in [1.29, 1.82) is 0 Å². The SMILES string of the molecule is Cc1ccc(C(=O)C(=O)N(C)Cc2ccccc2Br)cc1. The van der Waals surface area contributed by atoms with Gasteiger partial charge in [0, 0.05) is 23.6 Å². The van der Waals surface area contributed by atoms with Gasteiger partial charge in [0.25, 0.3) is 5.91 Å². The number of Topliss-reactive ketones (excluding diaryl/α,β-unsaturated/α-hetero) is 1. The van der Waals surface area contributed by atoms with Crippen LogP contribution >= 0.6 is 15.9 Å². The van der Waals surface area contributed by atoms with Gasteiger partial charge in [0.1, 0.15) is 0 Å². The predicted octanol–water partition coefficient (Wildman–Crippen LogP) is 3.60. The lowest BCUT2D eigenvalue weighted by Gasteiger charge is -2.17. The van der Waals surface area contributed by atoms with Crippen LogP contribution in [-0.2, 0) is 11.3 Å². The summed E-state index contributed by atoms with van der Waals surface area (Å²) in [6.45, 7) is 2.33. The molecule has 3 nitrogen and oxygen atoms in total. The Kier molecular flexibility index (Phi) is 4.91. The normalized spacial score (nSPS) is 10.2. The molecule has 0 saturated heterocycles. The number of benzene rings is 2. The Bertz CT molecular complexity index is 665. The maximum absolute atomic E-state index is 12.2. The molecule has 2 rings (SSSR count). The fourth-order valence-electron chi connectivity index (χ4n) is 1.96. The molecule has 0 bridgehead atoms. The lowest BCUT2D eigenvalue weighted by Crippen LogP contribution is -2.33. The molecule has 0 N–H and O–H groups in total. The van der Waals surface area contributed by atoms with Crippen molar-refractivity contribution in [1.82, 2.24) is 4.90 Å². The van der Waals surface area contributed by atoms with Crippen molar-refractivity contribution in [3.63, 3.8) is 0 Å². The van der Waals surface area contributed by atoms with Crippen LogP contribution in [0.15, 0.2) is 53.0 Å². The zero-order valence-corrected chi connectivity index (χ0v) is 13.6. The summed E-state index contributed by atoms with van der Waals surface area (Å²) < 4.78 is 0.924. The van der Waals surface area contributed by atoms with Gasteiger partial charge in [-0.1, -0.05) is 64.0 Å². The molecule has 108 valence electrons. The minimum atomic E-state index is -0.505. The average molecular weight is 346 g/mol. The zero-order valence-electron chi connectivity index (χ0n) is 12.0. The van der Waals surface area contributed by atoms with Crippen LogP contribution in [0.1, 0.15) is 21.5 Å². The van der Waals surface area contributed by atoms with Crippen LogP contribution in [0.3, 0.4) is 0 Å². The van der Waals surface area contributed by atoms with E-state index >= 15 is 0 Å². The summed E-state index contributed by atoms with van der Waals surface area (Å²) in [5.74, 6) is -0.987. The molecular formula is C17H16BrNO2. The van der Waals surface area contributed by atoms with E-state index in [4.69, 9.17) is 0 Å². The second-order valence-electron chi connectivity index (χ2n) is 4.95. The van der Waals surface area contributed by atoms with E-state index < -0.39 is 11.7 Å². The molecule has 4 heteroatoms. The Balaban J connectivity index is 2.10. The lowest BCUT2D eigenvalue weighted by atomic mass is 10.1. The maximum Gasteiger partial charge on any atom is 0.295 e. The molecule has 0 aromatic heterocycles. The Morgan fingerprint density at radius 1 is 1.05 bits per heavy atom. The molecule has 2 aromatic carbocycles. The van der Waals surface area contributed by atoms with Crippen molar-refractivity contribution in [2.24, 2.45) is 0 Å². The zero-order chi connectivity index (χ0) is 15.4. The van der Waals surface area contributed by atoms with E-state index in [-0.39, 0.29) is 0 Å². The second kappa shape index (κ2) is 6.68. The van der Waals surface area contributed by atoms with Gasteiger partial charge in [0.05, 0.1) is 0 Å². The highest BCUT2D eigenvalue weighted by Gasteiger charge is 2.20. The van der Waals surface area contributed by atoms with E-state index in [0.29, 0.717) is 12.1 Å². The van der Waals surface area contributed by atoms with Gasteiger partial charge in [-0.15, -0.1) is 0 Å². The van der Waals surface area contributed by atoms with E-state index in [1.807, 2.05) is 43.3 Å². The number of amides is 1. The third-order valence-corrected chi connectivity index (χ3v) is 3.99. The molecule has 0 aliphatic rings. The van der Waals surface area contributed by atoms with Crippen LogP contribution < -0.4 is 0 Å². The van der Waals surface area contributed by atoms with Gasteiger partial charge in [-0.3, -0.25) is 9.59 Å². The Morgan fingerprint density at radius 2 is 1.67 bits per heavy atom. The summed E-state index contributed by atoms with van der Waals surface area (Å²) >= 11 is 3.44. The molecule has 0 aliphatic carbocycles. The number of ketones is 1. The smallest absolute Gasteiger partial charge is 0.295 e. The topological polar surface area (TPSA) is 37.4 Å². The van der Waals surface area contributed by atoms with E-state index in [9.17, 15) is 9.59 Å². The second-order valence-corrected chi connectivity index (χ2v) is 5.80. The Hall–Kier alpha value is -1.94. The van der Waals surface area contributed by atoms with Gasteiger partial charge in [0.15, 0.2) is 0 Å². The van der Waals surface area contributed by atoms with Crippen LogP contribution in [0.4, 0.5) is 0 Å². The summed E-state index contributed by atoms with van der Waals surface area (Å²) in [5, 5.41) is 0. The number of hydrogen-bond donors (Lipinski definition) is 0. The molecule has 1 amide bonds. The van der Waals surface area contributed by atoms with Crippen LogP contribution in [-0.4, -0.2) is 23.6 Å². The van der Waals surface area contributed by atoms with Crippen LogP contribution in [0, 0.1) is 6.92 Å². The molecule has 21 heavy (non-hydrogen) atoms. The molecule has 0 fully saturated rings. The van der Waals surface area contributed by atoms with Gasteiger partial charge in [-0.05, 0) is 18.6 Å². The van der Waals surface area contributed by atoms with E-state index in [0.717, 1.165) is 15.6 Å². The minimum absolute atomic E-state index is 0.387. The number of nitrogens with zero attached hydrogens (tertiary/aromatic N) is 1. The number of likely N-dealkylation sites (N-methyl/N-ethyl adjacent to an activating group) is 1. The van der Waals surface area contributed by atoms with Crippen LogP contribution in [0.2, 0.25) is 0 Å². The number of aryl methyl sites for hydroxylation is 1. The molecule has 0 heterocycles. The van der Waals surface area contributed by atoms with E-state index in [2.05, 4.69) is 15.9 Å². The van der Waals surface area contributed by atoms with Crippen LogP contribution in [0.25, 0.3) is 0 Å².